The molecule has 2 atom stereocenters. The van der Waals surface area contributed by atoms with Crippen LogP contribution in [0.4, 0.5) is 0 Å². The van der Waals surface area contributed by atoms with Gasteiger partial charge in [0.25, 0.3) is 0 Å². The lowest BCUT2D eigenvalue weighted by molar-refractivity contribution is -0.146. The highest BCUT2D eigenvalue weighted by atomic mass is 16.5. The maximum absolute atomic E-state index is 12.4. The minimum atomic E-state index is 0.0149. The van der Waals surface area contributed by atoms with Gasteiger partial charge in [0, 0.05) is 18.9 Å². The van der Waals surface area contributed by atoms with Crippen molar-refractivity contribution in [2.75, 3.05) is 39.9 Å². The Balaban J connectivity index is 2.23. The maximum Gasteiger partial charge on any atom is 0.305 e. The van der Waals surface area contributed by atoms with Crippen LogP contribution in [0, 0.1) is 17.8 Å². The number of hydrogen-bond acceptors (Lipinski definition) is 6. The van der Waals surface area contributed by atoms with Gasteiger partial charge in [-0.25, -0.2) is 0 Å². The summed E-state index contributed by atoms with van der Waals surface area (Å²) in [6, 6.07) is 0.639. The van der Waals surface area contributed by atoms with Crippen LogP contribution in [0.2, 0.25) is 0 Å². The Kier molecular flexibility index (Phi) is 35.3. The van der Waals surface area contributed by atoms with Gasteiger partial charge in [0.1, 0.15) is 0 Å². The fourth-order valence-corrected chi connectivity index (χ4v) is 8.21. The number of nitrogens with one attached hydrogen (secondary N) is 1. The second-order valence-electron chi connectivity index (χ2n) is 17.5. The smallest absolute Gasteiger partial charge is 0.305 e. The number of piperidine rings is 1. The summed E-state index contributed by atoms with van der Waals surface area (Å²) >= 11 is 0. The molecule has 0 bridgehead atoms. The van der Waals surface area contributed by atoms with E-state index in [9.17, 15) is 9.59 Å². The first kappa shape index (κ1) is 50.9. The number of carbonyl (C=O) groups is 2. The average Bonchev–Trinajstić information content (AvgIpc) is 3.18. The van der Waals surface area contributed by atoms with Crippen molar-refractivity contribution in [1.82, 2.24) is 10.2 Å². The van der Waals surface area contributed by atoms with Gasteiger partial charge >= 0.3 is 11.9 Å². The van der Waals surface area contributed by atoms with Crippen molar-refractivity contribution in [1.29, 1.82) is 0 Å². The van der Waals surface area contributed by atoms with Gasteiger partial charge in [-0.2, -0.15) is 0 Å². The number of hydrogen-bond donors (Lipinski definition) is 1. The Morgan fingerprint density at radius 1 is 0.519 bits per heavy atom. The normalized spacial score (nSPS) is 15.1. The van der Waals surface area contributed by atoms with Crippen LogP contribution in [0.15, 0.2) is 0 Å². The van der Waals surface area contributed by atoms with Crippen molar-refractivity contribution in [3.05, 3.63) is 0 Å². The van der Waals surface area contributed by atoms with E-state index in [-0.39, 0.29) is 11.9 Å². The van der Waals surface area contributed by atoms with E-state index in [1.165, 1.54) is 187 Å². The molecule has 1 aliphatic heterocycles. The third-order valence-corrected chi connectivity index (χ3v) is 12.2. The lowest BCUT2D eigenvalue weighted by Crippen LogP contribution is -2.38. The van der Waals surface area contributed by atoms with Crippen LogP contribution in [0.25, 0.3) is 0 Å². The molecule has 0 amide bonds. The molecule has 0 aliphatic carbocycles. The van der Waals surface area contributed by atoms with Gasteiger partial charge in [-0.15, -0.1) is 0 Å². The molecule has 0 aromatic rings. The van der Waals surface area contributed by atoms with Crippen molar-refractivity contribution in [2.45, 2.75) is 239 Å². The summed E-state index contributed by atoms with van der Waals surface area (Å²) in [6.07, 6.45) is 38.2. The molecule has 2 unspecified atom stereocenters. The minimum Gasteiger partial charge on any atom is -0.465 e. The molecule has 1 rings (SSSR count). The molecule has 1 N–H and O–H groups in total. The second-order valence-corrected chi connectivity index (χ2v) is 17.5. The van der Waals surface area contributed by atoms with Gasteiger partial charge in [-0.3, -0.25) is 9.59 Å². The lowest BCUT2D eigenvalue weighted by Gasteiger charge is -2.30. The summed E-state index contributed by atoms with van der Waals surface area (Å²) in [5.41, 5.74) is 0. The highest BCUT2D eigenvalue weighted by Crippen LogP contribution is 2.21. The Hall–Kier alpha value is -1.14. The number of carbonyl (C=O) groups excluding carboxylic acids is 2. The van der Waals surface area contributed by atoms with Gasteiger partial charge in [0.05, 0.1) is 13.2 Å². The summed E-state index contributed by atoms with van der Waals surface area (Å²) in [7, 11) is 2.25. The van der Waals surface area contributed by atoms with Crippen LogP contribution in [-0.2, 0) is 19.1 Å². The number of esters is 2. The molecule has 0 spiro atoms. The summed E-state index contributed by atoms with van der Waals surface area (Å²) in [6.45, 7) is 13.9. The van der Waals surface area contributed by atoms with Crippen LogP contribution in [0.3, 0.4) is 0 Å². The van der Waals surface area contributed by atoms with Gasteiger partial charge < -0.3 is 19.7 Å². The van der Waals surface area contributed by atoms with E-state index in [4.69, 9.17) is 9.47 Å². The summed E-state index contributed by atoms with van der Waals surface area (Å²) in [4.78, 5) is 27.3. The fraction of sp³-hybridized carbons (Fsp3) is 0.958. The van der Waals surface area contributed by atoms with Crippen LogP contribution in [0.1, 0.15) is 233 Å². The van der Waals surface area contributed by atoms with E-state index in [0.717, 1.165) is 31.6 Å². The van der Waals surface area contributed by atoms with E-state index in [1.807, 2.05) is 0 Å². The molecule has 1 aliphatic rings. The van der Waals surface area contributed by atoms with Crippen LogP contribution < -0.4 is 5.32 Å². The zero-order chi connectivity index (χ0) is 39.3. The topological polar surface area (TPSA) is 67.9 Å². The minimum absolute atomic E-state index is 0.0149. The van der Waals surface area contributed by atoms with E-state index in [0.29, 0.717) is 43.9 Å². The predicted molar refractivity (Wildman–Crippen MR) is 232 cm³/mol. The number of rotatable bonds is 39. The molecule has 6 heteroatoms. The molecule has 1 fully saturated rings. The summed E-state index contributed by atoms with van der Waals surface area (Å²) in [5.74, 6) is 1.96. The lowest BCUT2D eigenvalue weighted by atomic mass is 9.95. The highest BCUT2D eigenvalue weighted by Gasteiger charge is 2.18. The molecule has 1 saturated heterocycles. The molecule has 0 saturated carbocycles. The predicted octanol–water partition coefficient (Wildman–Crippen LogP) is 13.4. The van der Waals surface area contributed by atoms with Crippen LogP contribution >= 0.6 is 0 Å². The Bertz CT molecular complexity index is 822. The first-order valence-corrected chi connectivity index (χ1v) is 24.1. The zero-order valence-corrected chi connectivity index (χ0v) is 37.1. The molecule has 0 aromatic carbocycles. The molecule has 54 heavy (non-hydrogen) atoms. The molecule has 1 heterocycles. The van der Waals surface area contributed by atoms with E-state index >= 15 is 0 Å². The molecule has 320 valence electrons. The first-order chi connectivity index (χ1) is 26.4. The number of likely N-dealkylation sites (tertiary alicyclic amines) is 1. The standard InChI is InChI=1S/C48H94N2O4/c1-6-10-14-23-31-45(30-13-9-4)42-54-48(52)35-27-22-18-16-20-25-33-46(49-40-43-36-38-50(5)39-37-43)32-24-19-15-17-21-26-34-47(51)53-41-44(28-11-7-2)29-12-8-3/h43-46,49H,6-42H2,1-5H3. The monoisotopic (exact) mass is 763 g/mol. The van der Waals surface area contributed by atoms with Crippen LogP contribution in [0.5, 0.6) is 0 Å². The maximum atomic E-state index is 12.4. The van der Waals surface area contributed by atoms with Crippen LogP contribution in [-0.4, -0.2) is 62.8 Å². The Morgan fingerprint density at radius 3 is 1.33 bits per heavy atom. The third-order valence-electron chi connectivity index (χ3n) is 12.2. The molecule has 0 aromatic heterocycles. The molecular weight excluding hydrogens is 669 g/mol. The first-order valence-electron chi connectivity index (χ1n) is 24.1. The largest absolute Gasteiger partial charge is 0.465 e. The second kappa shape index (κ2) is 37.4. The fourth-order valence-electron chi connectivity index (χ4n) is 8.21. The van der Waals surface area contributed by atoms with Crippen molar-refractivity contribution < 1.29 is 19.1 Å². The van der Waals surface area contributed by atoms with Gasteiger partial charge in [-0.05, 0) is 109 Å². The molecular formula is C48H94N2O4. The van der Waals surface area contributed by atoms with Gasteiger partial charge in [-0.1, -0.05) is 156 Å². The van der Waals surface area contributed by atoms with Crippen molar-refractivity contribution >= 4 is 11.9 Å². The Labute approximate surface area is 337 Å². The SMILES string of the molecule is CCCCCCC(CCCC)COC(=O)CCCCCCCCC(CCCCCCCCC(=O)OCC(CCCC)CCCC)NCC1CCN(C)CC1. The average molecular weight is 763 g/mol. The van der Waals surface area contributed by atoms with E-state index in [2.05, 4.69) is 45.0 Å². The summed E-state index contributed by atoms with van der Waals surface area (Å²) < 4.78 is 11.4. The van der Waals surface area contributed by atoms with Crippen molar-refractivity contribution in [2.24, 2.45) is 17.8 Å². The zero-order valence-electron chi connectivity index (χ0n) is 37.1. The van der Waals surface area contributed by atoms with Gasteiger partial charge in [0.15, 0.2) is 0 Å². The van der Waals surface area contributed by atoms with Gasteiger partial charge in [0.2, 0.25) is 0 Å². The van der Waals surface area contributed by atoms with Crippen molar-refractivity contribution in [3.63, 3.8) is 0 Å². The molecule has 0 radical (unpaired) electrons. The Morgan fingerprint density at radius 2 is 0.889 bits per heavy atom. The number of nitrogens with zero attached hydrogens (tertiary/aromatic N) is 1. The highest BCUT2D eigenvalue weighted by molar-refractivity contribution is 5.69. The number of unbranched alkanes of at least 4 members (excludes halogenated alkanes) is 16. The summed E-state index contributed by atoms with van der Waals surface area (Å²) in [5, 5.41) is 4.02. The quantitative estimate of drug-likeness (QED) is 0.0497. The molecule has 6 nitrogen and oxygen atoms in total. The number of ether oxygens (including phenoxy) is 2. The third kappa shape index (κ3) is 31.0. The van der Waals surface area contributed by atoms with Crippen molar-refractivity contribution in [3.8, 4) is 0 Å². The van der Waals surface area contributed by atoms with E-state index < -0.39 is 0 Å². The van der Waals surface area contributed by atoms with E-state index in [1.54, 1.807) is 0 Å².